The molecule has 0 aliphatic carbocycles. The van der Waals surface area contributed by atoms with Crippen LogP contribution in [0.25, 0.3) is 5.57 Å². The van der Waals surface area contributed by atoms with E-state index >= 15 is 0 Å². The highest BCUT2D eigenvalue weighted by molar-refractivity contribution is 6.17. The van der Waals surface area contributed by atoms with Crippen LogP contribution in [0.15, 0.2) is 30.0 Å². The van der Waals surface area contributed by atoms with Crippen LogP contribution in [0.5, 0.6) is 5.75 Å². The minimum Gasteiger partial charge on any atom is -0.497 e. The van der Waals surface area contributed by atoms with Crippen molar-refractivity contribution in [3.8, 4) is 5.75 Å². The predicted octanol–water partition coefficient (Wildman–Crippen LogP) is 2.74. The molecule has 0 fully saturated rings. The average Bonchev–Trinajstić information content (AvgIpc) is 2.27. The standard InChI is InChI=1S/C14H16O4/c1-9-12(13(15)18-14(2,3)17-9)10-5-7-11(16-4)8-6-10/h5-8H,1-4H3. The van der Waals surface area contributed by atoms with E-state index in [0.29, 0.717) is 11.3 Å². The van der Waals surface area contributed by atoms with Gasteiger partial charge in [-0.1, -0.05) is 12.1 Å². The number of carbonyl (C=O) groups is 1. The third kappa shape index (κ3) is 2.32. The Balaban J connectivity index is 2.39. The lowest BCUT2D eigenvalue weighted by Crippen LogP contribution is -2.35. The molecule has 0 spiro atoms. The van der Waals surface area contributed by atoms with Crippen molar-refractivity contribution >= 4 is 11.5 Å². The summed E-state index contributed by atoms with van der Waals surface area (Å²) in [5.74, 6) is 0.0368. The number of esters is 1. The summed E-state index contributed by atoms with van der Waals surface area (Å²) in [6, 6.07) is 7.20. The van der Waals surface area contributed by atoms with Crippen LogP contribution in [-0.4, -0.2) is 18.9 Å². The SMILES string of the molecule is COc1ccc(C2=C(C)OC(C)(C)OC2=O)cc1. The van der Waals surface area contributed by atoms with Gasteiger partial charge in [-0.05, 0) is 24.6 Å². The van der Waals surface area contributed by atoms with E-state index in [1.807, 2.05) is 0 Å². The Labute approximate surface area is 106 Å². The van der Waals surface area contributed by atoms with Crippen molar-refractivity contribution in [2.45, 2.75) is 26.6 Å². The summed E-state index contributed by atoms with van der Waals surface area (Å²) in [5.41, 5.74) is 1.21. The van der Waals surface area contributed by atoms with Gasteiger partial charge in [0.15, 0.2) is 0 Å². The fraction of sp³-hybridized carbons (Fsp3) is 0.357. The van der Waals surface area contributed by atoms with Crippen LogP contribution in [0, 0.1) is 0 Å². The zero-order valence-corrected chi connectivity index (χ0v) is 10.9. The van der Waals surface area contributed by atoms with Gasteiger partial charge in [-0.2, -0.15) is 0 Å². The van der Waals surface area contributed by atoms with Crippen LogP contribution in [0.1, 0.15) is 26.3 Å². The van der Waals surface area contributed by atoms with Crippen molar-refractivity contribution in [1.29, 1.82) is 0 Å². The van der Waals surface area contributed by atoms with Crippen LogP contribution in [0.2, 0.25) is 0 Å². The normalized spacial score (nSPS) is 18.1. The summed E-state index contributed by atoms with van der Waals surface area (Å²) in [6.45, 7) is 5.18. The Morgan fingerprint density at radius 1 is 1.11 bits per heavy atom. The topological polar surface area (TPSA) is 44.8 Å². The molecule has 1 heterocycles. The van der Waals surface area contributed by atoms with Gasteiger partial charge >= 0.3 is 5.97 Å². The first-order chi connectivity index (χ1) is 8.43. The van der Waals surface area contributed by atoms with E-state index in [1.165, 1.54) is 0 Å². The van der Waals surface area contributed by atoms with Crippen molar-refractivity contribution in [2.75, 3.05) is 7.11 Å². The number of hydrogen-bond acceptors (Lipinski definition) is 4. The molecule has 0 saturated carbocycles. The number of methoxy groups -OCH3 is 1. The van der Waals surface area contributed by atoms with Crippen molar-refractivity contribution in [2.24, 2.45) is 0 Å². The lowest BCUT2D eigenvalue weighted by Gasteiger charge is -2.32. The van der Waals surface area contributed by atoms with Gasteiger partial charge in [0, 0.05) is 13.8 Å². The first-order valence-corrected chi connectivity index (χ1v) is 5.70. The van der Waals surface area contributed by atoms with Gasteiger partial charge in [0.05, 0.1) is 7.11 Å². The quantitative estimate of drug-likeness (QED) is 0.755. The molecule has 0 unspecified atom stereocenters. The second kappa shape index (κ2) is 4.37. The maximum Gasteiger partial charge on any atom is 0.345 e. The molecular weight excluding hydrogens is 232 g/mol. The number of allylic oxidation sites excluding steroid dienone is 1. The van der Waals surface area contributed by atoms with Crippen LogP contribution < -0.4 is 4.74 Å². The summed E-state index contributed by atoms with van der Waals surface area (Å²) in [4.78, 5) is 12.0. The Kier molecular flexibility index (Phi) is 3.03. The molecule has 0 saturated heterocycles. The molecule has 1 aliphatic heterocycles. The maximum absolute atomic E-state index is 12.0. The van der Waals surface area contributed by atoms with E-state index in [9.17, 15) is 4.79 Å². The number of hydrogen-bond donors (Lipinski definition) is 0. The summed E-state index contributed by atoms with van der Waals surface area (Å²) >= 11 is 0. The lowest BCUT2D eigenvalue weighted by molar-refractivity contribution is -0.202. The van der Waals surface area contributed by atoms with E-state index in [4.69, 9.17) is 14.2 Å². The van der Waals surface area contributed by atoms with Crippen LogP contribution in [0.3, 0.4) is 0 Å². The molecular formula is C14H16O4. The summed E-state index contributed by atoms with van der Waals surface area (Å²) in [6.07, 6.45) is 0. The van der Waals surface area contributed by atoms with Crippen LogP contribution >= 0.6 is 0 Å². The van der Waals surface area contributed by atoms with Crippen LogP contribution in [-0.2, 0) is 14.3 Å². The molecule has 1 aromatic rings. The Hall–Kier alpha value is -1.97. The third-order valence-corrected chi connectivity index (χ3v) is 2.67. The Morgan fingerprint density at radius 2 is 1.72 bits per heavy atom. The van der Waals surface area contributed by atoms with Crippen molar-refractivity contribution in [3.05, 3.63) is 35.6 Å². The fourth-order valence-corrected chi connectivity index (χ4v) is 1.94. The second-order valence-corrected chi connectivity index (χ2v) is 4.55. The molecule has 1 aromatic carbocycles. The highest BCUT2D eigenvalue weighted by atomic mass is 16.7. The Morgan fingerprint density at radius 3 is 2.22 bits per heavy atom. The van der Waals surface area contributed by atoms with Gasteiger partial charge in [-0.25, -0.2) is 4.79 Å². The molecule has 0 atom stereocenters. The van der Waals surface area contributed by atoms with E-state index in [1.54, 1.807) is 52.1 Å². The molecule has 0 bridgehead atoms. The first kappa shape index (κ1) is 12.5. The number of ether oxygens (including phenoxy) is 3. The maximum atomic E-state index is 12.0. The second-order valence-electron chi connectivity index (χ2n) is 4.55. The number of rotatable bonds is 2. The van der Waals surface area contributed by atoms with Gasteiger partial charge < -0.3 is 14.2 Å². The molecule has 0 amide bonds. The number of cyclic esters (lactones) is 1. The number of carbonyl (C=O) groups excluding carboxylic acids is 1. The van der Waals surface area contributed by atoms with Crippen molar-refractivity contribution < 1.29 is 19.0 Å². The smallest absolute Gasteiger partial charge is 0.345 e. The van der Waals surface area contributed by atoms with Gasteiger partial charge in [-0.3, -0.25) is 0 Å². The van der Waals surface area contributed by atoms with Gasteiger partial charge in [0.2, 0.25) is 5.79 Å². The summed E-state index contributed by atoms with van der Waals surface area (Å²) in [5, 5.41) is 0. The molecule has 0 N–H and O–H groups in total. The fourth-order valence-electron chi connectivity index (χ4n) is 1.94. The predicted molar refractivity (Wildman–Crippen MR) is 66.8 cm³/mol. The molecule has 0 aromatic heterocycles. The monoisotopic (exact) mass is 248 g/mol. The lowest BCUT2D eigenvalue weighted by atomic mass is 10.0. The van der Waals surface area contributed by atoms with Crippen LogP contribution in [0.4, 0.5) is 0 Å². The molecule has 18 heavy (non-hydrogen) atoms. The Bertz CT molecular complexity index is 497. The summed E-state index contributed by atoms with van der Waals surface area (Å²) < 4.78 is 15.9. The van der Waals surface area contributed by atoms with Crippen molar-refractivity contribution in [3.63, 3.8) is 0 Å². The molecule has 2 rings (SSSR count). The zero-order valence-electron chi connectivity index (χ0n) is 10.9. The summed E-state index contributed by atoms with van der Waals surface area (Å²) in [7, 11) is 1.60. The van der Waals surface area contributed by atoms with E-state index in [0.717, 1.165) is 11.3 Å². The minimum absolute atomic E-state index is 0.367. The average molecular weight is 248 g/mol. The first-order valence-electron chi connectivity index (χ1n) is 5.70. The van der Waals surface area contributed by atoms with Crippen molar-refractivity contribution in [1.82, 2.24) is 0 Å². The zero-order chi connectivity index (χ0) is 13.3. The largest absolute Gasteiger partial charge is 0.497 e. The van der Waals surface area contributed by atoms with E-state index in [2.05, 4.69) is 0 Å². The van der Waals surface area contributed by atoms with Gasteiger partial charge in [0.25, 0.3) is 0 Å². The molecule has 4 heteroatoms. The van der Waals surface area contributed by atoms with E-state index < -0.39 is 5.79 Å². The van der Waals surface area contributed by atoms with Gasteiger partial charge in [-0.15, -0.1) is 0 Å². The van der Waals surface area contributed by atoms with E-state index in [-0.39, 0.29) is 5.97 Å². The molecule has 1 aliphatic rings. The highest BCUT2D eigenvalue weighted by Crippen LogP contribution is 2.32. The minimum atomic E-state index is -0.906. The third-order valence-electron chi connectivity index (χ3n) is 2.67. The molecule has 0 radical (unpaired) electrons. The van der Waals surface area contributed by atoms with Gasteiger partial charge in [0.1, 0.15) is 17.1 Å². The molecule has 4 nitrogen and oxygen atoms in total. The molecule has 96 valence electrons. The highest BCUT2D eigenvalue weighted by Gasteiger charge is 2.34. The number of benzene rings is 1.